The summed E-state index contributed by atoms with van der Waals surface area (Å²) in [7, 11) is 1.41. The van der Waals surface area contributed by atoms with Gasteiger partial charge in [0, 0.05) is 29.1 Å². The largest absolute Gasteiger partial charge is 0.481 e. The lowest BCUT2D eigenvalue weighted by Gasteiger charge is -2.29. The third-order valence-electron chi connectivity index (χ3n) is 7.83. The lowest BCUT2D eigenvalue weighted by Crippen LogP contribution is -2.35. The molecular formula is C28H32ClN3O4. The summed E-state index contributed by atoms with van der Waals surface area (Å²) in [6.07, 6.45) is 4.25. The fourth-order valence-electron chi connectivity index (χ4n) is 5.97. The molecule has 1 fully saturated rings. The molecule has 2 aromatic carbocycles. The molecule has 1 aliphatic carbocycles. The quantitative estimate of drug-likeness (QED) is 0.457. The number of benzene rings is 2. The van der Waals surface area contributed by atoms with E-state index in [4.69, 9.17) is 21.3 Å². The maximum Gasteiger partial charge on any atom is 0.409 e. The highest BCUT2D eigenvalue weighted by Gasteiger charge is 2.33. The smallest absolute Gasteiger partial charge is 0.409 e. The second kappa shape index (κ2) is 10.1. The zero-order valence-corrected chi connectivity index (χ0v) is 21.5. The topological polar surface area (TPSA) is 84.7 Å². The van der Waals surface area contributed by atoms with Crippen LogP contribution in [0.15, 0.2) is 36.4 Å². The highest BCUT2D eigenvalue weighted by Crippen LogP contribution is 2.40. The lowest BCUT2D eigenvalue weighted by atomic mass is 9.81. The van der Waals surface area contributed by atoms with Crippen LogP contribution in [0.2, 0.25) is 5.02 Å². The number of aromatic nitrogens is 2. The van der Waals surface area contributed by atoms with Crippen molar-refractivity contribution in [2.24, 2.45) is 5.92 Å². The van der Waals surface area contributed by atoms with Gasteiger partial charge in [0.25, 0.3) is 0 Å². The predicted octanol–water partition coefficient (Wildman–Crippen LogP) is 5.98. The Balaban J connectivity index is 1.61. The van der Waals surface area contributed by atoms with Crippen LogP contribution in [0, 0.1) is 5.92 Å². The van der Waals surface area contributed by atoms with Gasteiger partial charge >= 0.3 is 12.1 Å². The number of hydrogen-bond acceptors (Lipinski definition) is 4. The van der Waals surface area contributed by atoms with Crippen LogP contribution in [0.5, 0.6) is 0 Å². The van der Waals surface area contributed by atoms with Gasteiger partial charge in [-0.3, -0.25) is 4.79 Å². The van der Waals surface area contributed by atoms with Gasteiger partial charge in [0.05, 0.1) is 30.6 Å². The van der Waals surface area contributed by atoms with E-state index >= 15 is 0 Å². The summed E-state index contributed by atoms with van der Waals surface area (Å²) in [6, 6.07) is 12.2. The van der Waals surface area contributed by atoms with Crippen molar-refractivity contribution in [2.45, 2.75) is 64.0 Å². The molecule has 0 bridgehead atoms. The van der Waals surface area contributed by atoms with Gasteiger partial charge in [-0.15, -0.1) is 0 Å². The van der Waals surface area contributed by atoms with E-state index in [1.54, 1.807) is 4.90 Å². The van der Waals surface area contributed by atoms with E-state index in [2.05, 4.69) is 29.7 Å². The molecule has 0 radical (unpaired) electrons. The molecule has 1 amide bonds. The number of amides is 1. The van der Waals surface area contributed by atoms with E-state index in [0.29, 0.717) is 25.9 Å². The zero-order chi connectivity index (χ0) is 25.4. The predicted molar refractivity (Wildman–Crippen MR) is 138 cm³/mol. The number of hydrogen-bond donors (Lipinski definition) is 1. The summed E-state index contributed by atoms with van der Waals surface area (Å²) in [5.41, 5.74) is 5.25. The summed E-state index contributed by atoms with van der Waals surface area (Å²) in [6.45, 7) is 3.24. The monoisotopic (exact) mass is 509 g/mol. The molecule has 1 aromatic heterocycles. The maximum atomic E-state index is 12.3. The second-order valence-corrected chi connectivity index (χ2v) is 10.5. The van der Waals surface area contributed by atoms with Gasteiger partial charge in [0.1, 0.15) is 5.82 Å². The molecule has 3 aromatic rings. The first kappa shape index (κ1) is 24.6. The van der Waals surface area contributed by atoms with E-state index in [1.807, 2.05) is 18.2 Å². The molecule has 5 rings (SSSR count). The van der Waals surface area contributed by atoms with Gasteiger partial charge in [-0.2, -0.15) is 0 Å². The number of imidazole rings is 1. The molecule has 36 heavy (non-hydrogen) atoms. The van der Waals surface area contributed by atoms with Crippen LogP contribution in [-0.4, -0.2) is 45.3 Å². The average Bonchev–Trinajstić information content (AvgIpc) is 3.29. The van der Waals surface area contributed by atoms with Crippen molar-refractivity contribution in [3.63, 3.8) is 0 Å². The normalized spacial score (nSPS) is 20.7. The van der Waals surface area contributed by atoms with E-state index < -0.39 is 5.97 Å². The van der Waals surface area contributed by atoms with Gasteiger partial charge < -0.3 is 19.3 Å². The standard InChI is InChI=1S/C28H32ClN3O4/c1-17(14-19-6-3-4-9-23(19)29)32-24-11-10-18-12-13-31(28(35)36-2)16-22(18)25(24)30-26(32)20-7-5-8-21(15-20)27(33)34/h3-4,6,9-11,17,20-21H,5,7-8,12-16H2,1-2H3,(H,33,34)/t17-,20-,21-/m0/s1. The van der Waals surface area contributed by atoms with Crippen molar-refractivity contribution in [2.75, 3.05) is 13.7 Å². The summed E-state index contributed by atoms with van der Waals surface area (Å²) >= 11 is 6.51. The fraction of sp³-hybridized carbons (Fsp3) is 0.464. The Hall–Kier alpha value is -3.06. The summed E-state index contributed by atoms with van der Waals surface area (Å²) in [5.74, 6) is -0.0619. The molecule has 2 heterocycles. The van der Waals surface area contributed by atoms with Gasteiger partial charge in [-0.25, -0.2) is 9.78 Å². The van der Waals surface area contributed by atoms with Gasteiger partial charge in [-0.1, -0.05) is 42.3 Å². The Bertz CT molecular complexity index is 1300. The van der Waals surface area contributed by atoms with E-state index in [1.165, 1.54) is 12.7 Å². The highest BCUT2D eigenvalue weighted by atomic mass is 35.5. The lowest BCUT2D eigenvalue weighted by molar-refractivity contribution is -0.143. The SMILES string of the molecule is COC(=O)N1CCc2ccc3c(nc([C@H]4CCC[C@H](C(=O)O)C4)n3[C@@H](C)Cc3ccccc3Cl)c2C1. The van der Waals surface area contributed by atoms with Gasteiger partial charge in [0.15, 0.2) is 0 Å². The number of carbonyl (C=O) groups excluding carboxylic acids is 1. The zero-order valence-electron chi connectivity index (χ0n) is 20.7. The van der Waals surface area contributed by atoms with E-state index in [-0.39, 0.29) is 24.0 Å². The number of ether oxygens (including phenoxy) is 1. The van der Waals surface area contributed by atoms with Gasteiger partial charge in [0.2, 0.25) is 0 Å². The van der Waals surface area contributed by atoms with Crippen LogP contribution in [-0.2, 0) is 28.9 Å². The summed E-state index contributed by atoms with van der Waals surface area (Å²) < 4.78 is 7.28. The minimum Gasteiger partial charge on any atom is -0.481 e. The number of rotatable bonds is 5. The summed E-state index contributed by atoms with van der Waals surface area (Å²) in [5, 5.41) is 10.5. The minimum atomic E-state index is -0.724. The molecule has 0 spiro atoms. The molecule has 3 atom stereocenters. The number of carboxylic acid groups (broad SMARTS) is 1. The van der Waals surface area contributed by atoms with Crippen molar-refractivity contribution in [1.82, 2.24) is 14.5 Å². The fourth-order valence-corrected chi connectivity index (χ4v) is 6.18. The van der Waals surface area contributed by atoms with Crippen LogP contribution in [0.4, 0.5) is 4.79 Å². The van der Waals surface area contributed by atoms with E-state index in [0.717, 1.165) is 58.7 Å². The average molecular weight is 510 g/mol. The molecule has 2 aliphatic rings. The van der Waals surface area contributed by atoms with Crippen molar-refractivity contribution in [1.29, 1.82) is 0 Å². The van der Waals surface area contributed by atoms with Crippen molar-refractivity contribution in [3.05, 3.63) is 63.9 Å². The molecule has 7 nitrogen and oxygen atoms in total. The van der Waals surface area contributed by atoms with Crippen molar-refractivity contribution >= 4 is 34.7 Å². The number of fused-ring (bicyclic) bond motifs is 3. The molecule has 1 saturated carbocycles. The Morgan fingerprint density at radius 1 is 1.22 bits per heavy atom. The summed E-state index contributed by atoms with van der Waals surface area (Å²) in [4.78, 5) is 31.0. The molecule has 1 N–H and O–H groups in total. The Labute approximate surface area is 216 Å². The van der Waals surface area contributed by atoms with Gasteiger partial charge in [-0.05, 0) is 62.3 Å². The molecular weight excluding hydrogens is 478 g/mol. The molecule has 1 aliphatic heterocycles. The molecule has 8 heteroatoms. The second-order valence-electron chi connectivity index (χ2n) is 10.1. The van der Waals surface area contributed by atoms with E-state index in [9.17, 15) is 14.7 Å². The number of nitrogens with zero attached hydrogens (tertiary/aromatic N) is 3. The number of carboxylic acids is 1. The number of methoxy groups -OCH3 is 1. The van der Waals surface area contributed by atoms with Crippen molar-refractivity contribution < 1.29 is 19.4 Å². The van der Waals surface area contributed by atoms with Crippen LogP contribution in [0.1, 0.15) is 67.1 Å². The minimum absolute atomic E-state index is 0.0634. The van der Waals surface area contributed by atoms with Crippen LogP contribution in [0.25, 0.3) is 11.0 Å². The van der Waals surface area contributed by atoms with Crippen LogP contribution in [0.3, 0.4) is 0 Å². The highest BCUT2D eigenvalue weighted by molar-refractivity contribution is 6.31. The van der Waals surface area contributed by atoms with Crippen molar-refractivity contribution in [3.8, 4) is 0 Å². The van der Waals surface area contributed by atoms with Crippen LogP contribution >= 0.6 is 11.6 Å². The van der Waals surface area contributed by atoms with Crippen LogP contribution < -0.4 is 0 Å². The third-order valence-corrected chi connectivity index (χ3v) is 8.20. The number of carbonyl (C=O) groups is 2. The Morgan fingerprint density at radius 2 is 2.03 bits per heavy atom. The number of halogens is 1. The Kier molecular flexibility index (Phi) is 6.93. The molecule has 0 unspecified atom stereocenters. The first-order chi connectivity index (χ1) is 17.4. The number of aliphatic carboxylic acids is 1. The first-order valence-corrected chi connectivity index (χ1v) is 13.1. The molecule has 0 saturated heterocycles. The first-order valence-electron chi connectivity index (χ1n) is 12.7. The third kappa shape index (κ3) is 4.57. The Morgan fingerprint density at radius 3 is 2.78 bits per heavy atom. The maximum absolute atomic E-state index is 12.3. The molecule has 190 valence electrons.